The molecule has 3 heteroatoms. The lowest BCUT2D eigenvalue weighted by molar-refractivity contribution is 0.0993. The third-order valence-electron chi connectivity index (χ3n) is 2.79. The van der Waals surface area contributed by atoms with Gasteiger partial charge in [-0.25, -0.2) is 0 Å². The quantitative estimate of drug-likeness (QED) is 0.548. The van der Waals surface area contributed by atoms with Crippen molar-refractivity contribution >= 4 is 0 Å². The molecule has 0 aromatic heterocycles. The Kier molecular flexibility index (Phi) is 10.3. The number of aliphatic hydroxyl groups excluding tert-OH is 1. The van der Waals surface area contributed by atoms with Crippen LogP contribution in [-0.2, 0) is 4.74 Å². The second-order valence-corrected chi connectivity index (χ2v) is 3.90. The zero-order valence-electron chi connectivity index (χ0n) is 10.5. The van der Waals surface area contributed by atoms with Gasteiger partial charge in [0.15, 0.2) is 0 Å². The minimum Gasteiger partial charge on any atom is -0.392 e. The Hall–Kier alpha value is -0.120. The first kappa shape index (κ1) is 14.9. The van der Waals surface area contributed by atoms with Crippen LogP contribution in [-0.4, -0.2) is 37.5 Å². The van der Waals surface area contributed by atoms with Gasteiger partial charge in [0.1, 0.15) is 0 Å². The standard InChI is InChI=1S/C12H27NO2/c1-4-11(5-2)12(14)10-13-8-7-9-15-6-3/h11-14H,4-10H2,1-3H3. The van der Waals surface area contributed by atoms with Crippen molar-refractivity contribution in [2.75, 3.05) is 26.3 Å². The van der Waals surface area contributed by atoms with Crippen molar-refractivity contribution in [3.05, 3.63) is 0 Å². The molecule has 0 aliphatic carbocycles. The van der Waals surface area contributed by atoms with Crippen molar-refractivity contribution < 1.29 is 9.84 Å². The SMILES string of the molecule is CCOCCCNCC(O)C(CC)CC. The molecule has 1 atom stereocenters. The van der Waals surface area contributed by atoms with Gasteiger partial charge in [-0.05, 0) is 25.8 Å². The molecule has 0 amide bonds. The van der Waals surface area contributed by atoms with E-state index in [1.807, 2.05) is 6.92 Å². The average molecular weight is 217 g/mol. The van der Waals surface area contributed by atoms with Crippen LogP contribution in [0.2, 0.25) is 0 Å². The summed E-state index contributed by atoms with van der Waals surface area (Å²) in [5, 5.41) is 13.1. The highest BCUT2D eigenvalue weighted by atomic mass is 16.5. The van der Waals surface area contributed by atoms with Gasteiger partial charge >= 0.3 is 0 Å². The molecule has 3 nitrogen and oxygen atoms in total. The van der Waals surface area contributed by atoms with Gasteiger partial charge in [-0.15, -0.1) is 0 Å². The average Bonchev–Trinajstić information content (AvgIpc) is 2.25. The monoisotopic (exact) mass is 217 g/mol. The zero-order valence-corrected chi connectivity index (χ0v) is 10.5. The molecule has 0 aliphatic rings. The first-order valence-corrected chi connectivity index (χ1v) is 6.22. The van der Waals surface area contributed by atoms with Crippen LogP contribution in [0.4, 0.5) is 0 Å². The fraction of sp³-hybridized carbons (Fsp3) is 1.00. The van der Waals surface area contributed by atoms with Crippen LogP contribution >= 0.6 is 0 Å². The zero-order chi connectivity index (χ0) is 11.5. The summed E-state index contributed by atoms with van der Waals surface area (Å²) in [6.45, 7) is 9.50. The van der Waals surface area contributed by atoms with Crippen molar-refractivity contribution in [3.8, 4) is 0 Å². The van der Waals surface area contributed by atoms with Crippen LogP contribution in [0.5, 0.6) is 0 Å². The van der Waals surface area contributed by atoms with Crippen molar-refractivity contribution in [1.29, 1.82) is 0 Å². The summed E-state index contributed by atoms with van der Waals surface area (Å²) in [5.74, 6) is 0.435. The number of rotatable bonds is 10. The molecule has 0 aliphatic heterocycles. The third kappa shape index (κ3) is 7.77. The van der Waals surface area contributed by atoms with E-state index in [0.29, 0.717) is 12.5 Å². The van der Waals surface area contributed by atoms with E-state index in [1.165, 1.54) is 0 Å². The largest absolute Gasteiger partial charge is 0.392 e. The van der Waals surface area contributed by atoms with E-state index in [1.54, 1.807) is 0 Å². The maximum atomic E-state index is 9.82. The summed E-state index contributed by atoms with van der Waals surface area (Å²) < 4.78 is 5.23. The van der Waals surface area contributed by atoms with E-state index in [4.69, 9.17) is 4.74 Å². The lowest BCUT2D eigenvalue weighted by atomic mass is 9.96. The van der Waals surface area contributed by atoms with Crippen LogP contribution < -0.4 is 5.32 Å². The Bertz CT molecular complexity index is 127. The molecule has 92 valence electrons. The van der Waals surface area contributed by atoms with E-state index >= 15 is 0 Å². The van der Waals surface area contributed by atoms with Crippen LogP contribution in [0.25, 0.3) is 0 Å². The highest BCUT2D eigenvalue weighted by Gasteiger charge is 2.14. The van der Waals surface area contributed by atoms with Gasteiger partial charge in [0.2, 0.25) is 0 Å². The molecule has 0 aromatic carbocycles. The molecular formula is C12H27NO2. The van der Waals surface area contributed by atoms with E-state index in [2.05, 4.69) is 19.2 Å². The summed E-state index contributed by atoms with van der Waals surface area (Å²) in [6.07, 6.45) is 2.92. The van der Waals surface area contributed by atoms with E-state index in [9.17, 15) is 5.11 Å². The molecule has 0 saturated carbocycles. The molecule has 15 heavy (non-hydrogen) atoms. The summed E-state index contributed by atoms with van der Waals surface area (Å²) in [5.41, 5.74) is 0. The Morgan fingerprint density at radius 1 is 1.20 bits per heavy atom. The molecule has 2 N–H and O–H groups in total. The Morgan fingerprint density at radius 2 is 1.87 bits per heavy atom. The molecule has 0 radical (unpaired) electrons. The van der Waals surface area contributed by atoms with Gasteiger partial charge < -0.3 is 15.2 Å². The van der Waals surface area contributed by atoms with Crippen LogP contribution in [0.3, 0.4) is 0 Å². The van der Waals surface area contributed by atoms with Crippen molar-refractivity contribution in [2.24, 2.45) is 5.92 Å². The summed E-state index contributed by atoms with van der Waals surface area (Å²) in [4.78, 5) is 0. The minimum atomic E-state index is -0.202. The Labute approximate surface area is 94.2 Å². The second-order valence-electron chi connectivity index (χ2n) is 3.90. The van der Waals surface area contributed by atoms with Gasteiger partial charge in [0.05, 0.1) is 6.10 Å². The van der Waals surface area contributed by atoms with Crippen LogP contribution in [0, 0.1) is 5.92 Å². The summed E-state index contributed by atoms with van der Waals surface area (Å²) in [7, 11) is 0. The Balaban J connectivity index is 3.33. The highest BCUT2D eigenvalue weighted by Crippen LogP contribution is 2.11. The van der Waals surface area contributed by atoms with Crippen LogP contribution in [0.1, 0.15) is 40.0 Å². The first-order valence-electron chi connectivity index (χ1n) is 6.22. The van der Waals surface area contributed by atoms with Gasteiger partial charge in [-0.1, -0.05) is 26.7 Å². The molecule has 0 bridgehead atoms. The molecule has 0 aromatic rings. The predicted octanol–water partition coefficient (Wildman–Crippen LogP) is 1.80. The summed E-state index contributed by atoms with van der Waals surface area (Å²) in [6, 6.07) is 0. The number of nitrogens with one attached hydrogen (secondary N) is 1. The molecular weight excluding hydrogens is 190 g/mol. The Morgan fingerprint density at radius 3 is 2.40 bits per heavy atom. The van der Waals surface area contributed by atoms with E-state index in [-0.39, 0.29) is 6.10 Å². The van der Waals surface area contributed by atoms with Crippen molar-refractivity contribution in [3.63, 3.8) is 0 Å². The van der Waals surface area contributed by atoms with Crippen LogP contribution in [0.15, 0.2) is 0 Å². The molecule has 1 unspecified atom stereocenters. The first-order chi connectivity index (χ1) is 7.26. The van der Waals surface area contributed by atoms with Gasteiger partial charge in [0, 0.05) is 19.8 Å². The van der Waals surface area contributed by atoms with Crippen molar-refractivity contribution in [2.45, 2.75) is 46.1 Å². The fourth-order valence-electron chi connectivity index (χ4n) is 1.69. The minimum absolute atomic E-state index is 0.202. The maximum Gasteiger partial charge on any atom is 0.0692 e. The third-order valence-corrected chi connectivity index (χ3v) is 2.79. The number of hydrogen-bond donors (Lipinski definition) is 2. The predicted molar refractivity (Wildman–Crippen MR) is 64.1 cm³/mol. The van der Waals surface area contributed by atoms with Gasteiger partial charge in [0.25, 0.3) is 0 Å². The van der Waals surface area contributed by atoms with Gasteiger partial charge in [-0.3, -0.25) is 0 Å². The number of ether oxygens (including phenoxy) is 1. The lowest BCUT2D eigenvalue weighted by Crippen LogP contribution is -2.33. The maximum absolute atomic E-state index is 9.82. The van der Waals surface area contributed by atoms with Gasteiger partial charge in [-0.2, -0.15) is 0 Å². The topological polar surface area (TPSA) is 41.5 Å². The smallest absolute Gasteiger partial charge is 0.0692 e. The summed E-state index contributed by atoms with van der Waals surface area (Å²) >= 11 is 0. The second kappa shape index (κ2) is 10.4. The normalized spacial score (nSPS) is 13.4. The van der Waals surface area contributed by atoms with E-state index in [0.717, 1.165) is 39.0 Å². The van der Waals surface area contributed by atoms with Crippen molar-refractivity contribution in [1.82, 2.24) is 5.32 Å². The lowest BCUT2D eigenvalue weighted by Gasteiger charge is -2.20. The molecule has 0 heterocycles. The number of aliphatic hydroxyl groups is 1. The molecule has 0 saturated heterocycles. The number of hydrogen-bond acceptors (Lipinski definition) is 3. The van der Waals surface area contributed by atoms with E-state index < -0.39 is 0 Å². The fourth-order valence-corrected chi connectivity index (χ4v) is 1.69. The highest BCUT2D eigenvalue weighted by molar-refractivity contribution is 4.68. The molecule has 0 spiro atoms. The molecule has 0 fully saturated rings. The molecule has 0 rings (SSSR count).